The van der Waals surface area contributed by atoms with Crippen molar-refractivity contribution in [2.24, 2.45) is 0 Å². The maximum atomic E-state index is 12.7. The maximum absolute atomic E-state index is 12.7. The second-order valence-corrected chi connectivity index (χ2v) is 9.36. The Bertz CT molecular complexity index is 1290. The van der Waals surface area contributed by atoms with Gasteiger partial charge < -0.3 is 15.2 Å². The van der Waals surface area contributed by atoms with E-state index < -0.39 is 0 Å². The van der Waals surface area contributed by atoms with E-state index in [2.05, 4.69) is 85.3 Å². The molecule has 3 aromatic rings. The summed E-state index contributed by atoms with van der Waals surface area (Å²) in [4.78, 5) is 22.3. The SMILES string of the molecule is C=CN(c1cc(-c2cccnc2C)cc(C(=C)NCc2c(CCC)cc(C)[nH]c2=O)c1C)C(C)C. The summed E-state index contributed by atoms with van der Waals surface area (Å²) in [5.74, 6) is 0. The van der Waals surface area contributed by atoms with Crippen LogP contribution in [0.15, 0.2) is 60.7 Å². The number of anilines is 1. The summed E-state index contributed by atoms with van der Waals surface area (Å²) in [5, 5.41) is 3.45. The Labute approximate surface area is 209 Å². The highest BCUT2D eigenvalue weighted by Gasteiger charge is 2.18. The van der Waals surface area contributed by atoms with E-state index in [0.717, 1.165) is 69.0 Å². The van der Waals surface area contributed by atoms with E-state index in [4.69, 9.17) is 0 Å². The average Bonchev–Trinajstić information content (AvgIpc) is 2.80. The average molecular weight is 471 g/mol. The van der Waals surface area contributed by atoms with Crippen molar-refractivity contribution in [1.82, 2.24) is 15.3 Å². The first-order chi connectivity index (χ1) is 16.7. The molecule has 0 aliphatic heterocycles. The third-order valence-corrected chi connectivity index (χ3v) is 6.42. The molecule has 1 aromatic carbocycles. The molecule has 2 N–H and O–H groups in total. The molecule has 0 atom stereocenters. The van der Waals surface area contributed by atoms with E-state index >= 15 is 0 Å². The number of aryl methyl sites for hydroxylation is 3. The van der Waals surface area contributed by atoms with Gasteiger partial charge in [-0.3, -0.25) is 9.78 Å². The third kappa shape index (κ3) is 5.73. The van der Waals surface area contributed by atoms with E-state index in [0.29, 0.717) is 6.54 Å². The van der Waals surface area contributed by atoms with Crippen molar-refractivity contribution in [3.8, 4) is 11.1 Å². The van der Waals surface area contributed by atoms with Crippen molar-refractivity contribution in [1.29, 1.82) is 0 Å². The maximum Gasteiger partial charge on any atom is 0.253 e. The minimum absolute atomic E-state index is 0.0384. The third-order valence-electron chi connectivity index (χ3n) is 6.42. The van der Waals surface area contributed by atoms with Crippen LogP contribution in [0.5, 0.6) is 0 Å². The van der Waals surface area contributed by atoms with Gasteiger partial charge in [0.1, 0.15) is 0 Å². The van der Waals surface area contributed by atoms with Crippen LogP contribution in [0.1, 0.15) is 60.8 Å². The highest BCUT2D eigenvalue weighted by atomic mass is 16.1. The van der Waals surface area contributed by atoms with Gasteiger partial charge in [0.2, 0.25) is 0 Å². The molecule has 0 aliphatic carbocycles. The number of rotatable bonds is 10. The Morgan fingerprint density at radius 2 is 1.97 bits per heavy atom. The normalized spacial score (nSPS) is 10.9. The van der Waals surface area contributed by atoms with Crippen LogP contribution in [0.4, 0.5) is 5.69 Å². The standard InChI is InChI=1S/C30H38N4O/c1-9-12-24-15-20(5)33-30(35)28(24)18-32-23(8)27-16-25(26-13-11-14-31-22(26)7)17-29(21(27)6)34(10-2)19(3)4/h10-11,13-17,19,32H,2,8-9,12,18H2,1,3-7H3,(H,33,35). The van der Waals surface area contributed by atoms with Gasteiger partial charge in [0.15, 0.2) is 0 Å². The largest absolute Gasteiger partial charge is 0.381 e. The first-order valence-corrected chi connectivity index (χ1v) is 12.3. The number of hydrogen-bond donors (Lipinski definition) is 2. The summed E-state index contributed by atoms with van der Waals surface area (Å²) in [6, 6.07) is 10.7. The number of benzene rings is 1. The lowest BCUT2D eigenvalue weighted by Crippen LogP contribution is -2.26. The first-order valence-electron chi connectivity index (χ1n) is 12.3. The Hall–Kier alpha value is -3.60. The molecule has 0 aliphatic rings. The van der Waals surface area contributed by atoms with Crippen LogP contribution in [0.2, 0.25) is 0 Å². The van der Waals surface area contributed by atoms with Crippen molar-refractivity contribution < 1.29 is 0 Å². The molecule has 0 spiro atoms. The van der Waals surface area contributed by atoms with Crippen LogP contribution in [0.3, 0.4) is 0 Å². The Morgan fingerprint density at radius 3 is 2.60 bits per heavy atom. The number of nitrogens with zero attached hydrogens (tertiary/aromatic N) is 2. The van der Waals surface area contributed by atoms with Gasteiger partial charge in [0.05, 0.1) is 0 Å². The van der Waals surface area contributed by atoms with Crippen molar-refractivity contribution >= 4 is 11.4 Å². The molecular weight excluding hydrogens is 432 g/mol. The highest BCUT2D eigenvalue weighted by molar-refractivity contribution is 5.80. The fourth-order valence-corrected chi connectivity index (χ4v) is 4.57. The quantitative estimate of drug-likeness (QED) is 0.358. The Kier molecular flexibility index (Phi) is 8.34. The van der Waals surface area contributed by atoms with Gasteiger partial charge in [0.25, 0.3) is 5.56 Å². The topological polar surface area (TPSA) is 61.0 Å². The number of pyridine rings is 2. The zero-order valence-electron chi connectivity index (χ0n) is 22.0. The van der Waals surface area contributed by atoms with Gasteiger partial charge in [-0.1, -0.05) is 32.6 Å². The first kappa shape index (κ1) is 26.0. The van der Waals surface area contributed by atoms with Crippen LogP contribution < -0.4 is 15.8 Å². The van der Waals surface area contributed by atoms with E-state index in [1.54, 1.807) is 0 Å². The molecule has 184 valence electrons. The van der Waals surface area contributed by atoms with E-state index in [-0.39, 0.29) is 11.6 Å². The molecule has 5 heteroatoms. The van der Waals surface area contributed by atoms with Crippen LogP contribution in [-0.4, -0.2) is 16.0 Å². The van der Waals surface area contributed by atoms with Gasteiger partial charge in [-0.15, -0.1) is 0 Å². The zero-order chi connectivity index (χ0) is 25.7. The predicted molar refractivity (Wildman–Crippen MR) is 149 cm³/mol. The van der Waals surface area contributed by atoms with E-state index in [1.807, 2.05) is 32.3 Å². The summed E-state index contributed by atoms with van der Waals surface area (Å²) < 4.78 is 0. The highest BCUT2D eigenvalue weighted by Crippen LogP contribution is 2.35. The molecule has 0 saturated heterocycles. The molecule has 0 unspecified atom stereocenters. The molecule has 0 saturated carbocycles. The number of nitrogens with one attached hydrogen (secondary N) is 2. The lowest BCUT2D eigenvalue weighted by molar-refractivity contribution is 0.780. The molecule has 0 radical (unpaired) electrons. The van der Waals surface area contributed by atoms with Crippen LogP contribution in [0.25, 0.3) is 16.8 Å². The van der Waals surface area contributed by atoms with Crippen molar-refractivity contribution in [3.05, 3.63) is 99.9 Å². The molecule has 2 aromatic heterocycles. The Balaban J connectivity index is 2.06. The van der Waals surface area contributed by atoms with Crippen LogP contribution >= 0.6 is 0 Å². The second kappa shape index (κ2) is 11.2. The molecule has 0 bridgehead atoms. The molecule has 35 heavy (non-hydrogen) atoms. The summed E-state index contributed by atoms with van der Waals surface area (Å²) in [7, 11) is 0. The second-order valence-electron chi connectivity index (χ2n) is 9.36. The molecule has 5 nitrogen and oxygen atoms in total. The van der Waals surface area contributed by atoms with Crippen LogP contribution in [-0.2, 0) is 13.0 Å². The molecule has 2 heterocycles. The van der Waals surface area contributed by atoms with Crippen molar-refractivity contribution in [3.63, 3.8) is 0 Å². The molecule has 3 rings (SSSR count). The Morgan fingerprint density at radius 1 is 1.23 bits per heavy atom. The number of H-pyrrole nitrogens is 1. The van der Waals surface area contributed by atoms with Gasteiger partial charge in [0, 0.05) is 58.2 Å². The van der Waals surface area contributed by atoms with E-state index in [9.17, 15) is 4.79 Å². The lowest BCUT2D eigenvalue weighted by Gasteiger charge is -2.29. The van der Waals surface area contributed by atoms with Crippen LogP contribution in [0, 0.1) is 20.8 Å². The summed E-state index contributed by atoms with van der Waals surface area (Å²) in [6.45, 7) is 21.3. The monoisotopic (exact) mass is 470 g/mol. The lowest BCUT2D eigenvalue weighted by atomic mass is 9.94. The van der Waals surface area contributed by atoms with E-state index in [1.165, 1.54) is 0 Å². The fourth-order valence-electron chi connectivity index (χ4n) is 4.57. The molecule has 0 fully saturated rings. The summed E-state index contributed by atoms with van der Waals surface area (Å²) in [5.41, 5.74) is 9.80. The minimum atomic E-state index is -0.0384. The zero-order valence-corrected chi connectivity index (χ0v) is 22.0. The van der Waals surface area contributed by atoms with Gasteiger partial charge in [-0.25, -0.2) is 0 Å². The van der Waals surface area contributed by atoms with Crippen molar-refractivity contribution in [2.45, 2.75) is 67.0 Å². The predicted octanol–water partition coefficient (Wildman–Crippen LogP) is 6.43. The number of hydrogen-bond acceptors (Lipinski definition) is 4. The number of aromatic nitrogens is 2. The summed E-state index contributed by atoms with van der Waals surface area (Å²) >= 11 is 0. The number of aromatic amines is 1. The summed E-state index contributed by atoms with van der Waals surface area (Å²) in [6.07, 6.45) is 5.54. The molecule has 0 amide bonds. The van der Waals surface area contributed by atoms with Crippen molar-refractivity contribution in [2.75, 3.05) is 4.90 Å². The van der Waals surface area contributed by atoms with Gasteiger partial charge in [-0.2, -0.15) is 0 Å². The minimum Gasteiger partial charge on any atom is -0.381 e. The van der Waals surface area contributed by atoms with Gasteiger partial charge in [-0.05, 0) is 88.2 Å². The molecular formula is C30H38N4O. The van der Waals surface area contributed by atoms with Gasteiger partial charge >= 0.3 is 0 Å². The fraction of sp³-hybridized carbons (Fsp3) is 0.333. The smallest absolute Gasteiger partial charge is 0.253 e.